The molecule has 1 aromatic heterocycles. The van der Waals surface area contributed by atoms with Crippen molar-refractivity contribution in [2.45, 2.75) is 33.1 Å². The number of likely N-dealkylation sites (N-methyl/N-ethyl adjacent to an activating group) is 1. The molecule has 33 heavy (non-hydrogen) atoms. The number of nitrogens with one attached hydrogen (secondary N) is 2. The fourth-order valence-corrected chi connectivity index (χ4v) is 3.38. The van der Waals surface area contributed by atoms with Gasteiger partial charge in [-0.15, -0.1) is 0 Å². The van der Waals surface area contributed by atoms with E-state index in [0.29, 0.717) is 21.6 Å². The summed E-state index contributed by atoms with van der Waals surface area (Å²) in [6, 6.07) is 14.0. The lowest BCUT2D eigenvalue weighted by Gasteiger charge is -2.18. The van der Waals surface area contributed by atoms with Crippen molar-refractivity contribution in [2.75, 3.05) is 24.2 Å². The van der Waals surface area contributed by atoms with Crippen molar-refractivity contribution in [3.8, 4) is 5.69 Å². The molecule has 0 aliphatic heterocycles. The van der Waals surface area contributed by atoms with Crippen LogP contribution in [-0.4, -0.2) is 40.2 Å². The van der Waals surface area contributed by atoms with Gasteiger partial charge in [-0.2, -0.15) is 5.10 Å². The normalized spacial score (nSPS) is 11.2. The summed E-state index contributed by atoms with van der Waals surface area (Å²) in [6.45, 7) is 8.01. The Morgan fingerprint density at radius 3 is 2.36 bits per heavy atom. The Morgan fingerprint density at radius 1 is 1.03 bits per heavy atom. The standard InChI is InChI=1S/C24H27Cl2N5O2/c1-15-8-6-7-9-19(15)31-21(13-20(29-31)24(2,3)4)28-22(32)14-30(5)23(33)27-16-10-11-17(25)18(26)12-16/h6-13H,14H2,1-5H3,(H,27,33)(H,28,32). The molecule has 0 aliphatic rings. The van der Waals surface area contributed by atoms with Crippen LogP contribution in [0.2, 0.25) is 10.0 Å². The molecule has 0 atom stereocenters. The van der Waals surface area contributed by atoms with Crippen LogP contribution in [0, 0.1) is 6.92 Å². The molecular formula is C24H27Cl2N5O2. The lowest BCUT2D eigenvalue weighted by atomic mass is 9.92. The summed E-state index contributed by atoms with van der Waals surface area (Å²) in [6.07, 6.45) is 0. The van der Waals surface area contributed by atoms with Crippen LogP contribution in [-0.2, 0) is 10.2 Å². The Labute approximate surface area is 203 Å². The molecule has 7 nitrogen and oxygen atoms in total. The maximum Gasteiger partial charge on any atom is 0.322 e. The number of hydrogen-bond acceptors (Lipinski definition) is 3. The summed E-state index contributed by atoms with van der Waals surface area (Å²) < 4.78 is 1.73. The summed E-state index contributed by atoms with van der Waals surface area (Å²) >= 11 is 11.9. The highest BCUT2D eigenvalue weighted by molar-refractivity contribution is 6.42. The van der Waals surface area contributed by atoms with Crippen LogP contribution in [0.4, 0.5) is 16.3 Å². The maximum absolute atomic E-state index is 12.8. The van der Waals surface area contributed by atoms with Gasteiger partial charge < -0.3 is 15.5 Å². The van der Waals surface area contributed by atoms with E-state index in [2.05, 4.69) is 31.4 Å². The van der Waals surface area contributed by atoms with Gasteiger partial charge in [0.1, 0.15) is 12.4 Å². The van der Waals surface area contributed by atoms with Gasteiger partial charge in [0.25, 0.3) is 0 Å². The topological polar surface area (TPSA) is 79.3 Å². The van der Waals surface area contributed by atoms with Gasteiger partial charge in [-0.05, 0) is 36.8 Å². The molecule has 3 rings (SSSR count). The van der Waals surface area contributed by atoms with Gasteiger partial charge in [-0.3, -0.25) is 4.79 Å². The zero-order valence-electron chi connectivity index (χ0n) is 19.2. The molecule has 0 unspecified atom stereocenters. The van der Waals surface area contributed by atoms with E-state index in [1.165, 1.54) is 11.9 Å². The Balaban J connectivity index is 1.75. The molecule has 3 aromatic rings. The SMILES string of the molecule is Cc1ccccc1-n1nc(C(C)(C)C)cc1NC(=O)CN(C)C(=O)Nc1ccc(Cl)c(Cl)c1. The average Bonchev–Trinajstić information content (AvgIpc) is 3.15. The number of aryl methyl sites for hydroxylation is 1. The minimum absolute atomic E-state index is 0.156. The van der Waals surface area contributed by atoms with Crippen LogP contribution in [0.3, 0.4) is 0 Å². The first-order valence-corrected chi connectivity index (χ1v) is 11.1. The number of rotatable bonds is 5. The highest BCUT2D eigenvalue weighted by Gasteiger charge is 2.23. The third-order valence-electron chi connectivity index (χ3n) is 4.99. The minimum atomic E-state index is -0.452. The number of benzene rings is 2. The molecule has 0 saturated heterocycles. The molecule has 2 aromatic carbocycles. The van der Waals surface area contributed by atoms with Crippen LogP contribution >= 0.6 is 23.2 Å². The lowest BCUT2D eigenvalue weighted by molar-refractivity contribution is -0.116. The van der Waals surface area contributed by atoms with Crippen LogP contribution in [0.25, 0.3) is 5.69 Å². The second-order valence-corrected chi connectivity index (χ2v) is 9.64. The molecule has 0 saturated carbocycles. The van der Waals surface area contributed by atoms with Crippen LogP contribution in [0.5, 0.6) is 0 Å². The van der Waals surface area contributed by atoms with Gasteiger partial charge in [0.15, 0.2) is 0 Å². The van der Waals surface area contributed by atoms with Gasteiger partial charge in [0.2, 0.25) is 5.91 Å². The molecule has 0 bridgehead atoms. The lowest BCUT2D eigenvalue weighted by Crippen LogP contribution is -2.37. The van der Waals surface area contributed by atoms with Gasteiger partial charge >= 0.3 is 6.03 Å². The smallest absolute Gasteiger partial charge is 0.318 e. The Kier molecular flexibility index (Phi) is 7.34. The van der Waals surface area contributed by atoms with Crippen molar-refractivity contribution in [1.29, 1.82) is 0 Å². The van der Waals surface area contributed by atoms with Crippen LogP contribution in [0.15, 0.2) is 48.5 Å². The predicted molar refractivity (Wildman–Crippen MR) is 134 cm³/mol. The largest absolute Gasteiger partial charge is 0.322 e. The van der Waals surface area contributed by atoms with E-state index in [1.807, 2.05) is 37.3 Å². The molecule has 0 aliphatic carbocycles. The minimum Gasteiger partial charge on any atom is -0.318 e. The van der Waals surface area contributed by atoms with Crippen molar-refractivity contribution >= 4 is 46.6 Å². The molecular weight excluding hydrogens is 461 g/mol. The summed E-state index contributed by atoms with van der Waals surface area (Å²) in [5.41, 5.74) is 3.01. The van der Waals surface area contributed by atoms with Crippen molar-refractivity contribution in [3.05, 3.63) is 69.8 Å². The third-order valence-corrected chi connectivity index (χ3v) is 5.73. The number of carbonyl (C=O) groups is 2. The third kappa shape index (κ3) is 6.06. The number of aromatic nitrogens is 2. The van der Waals surface area contributed by atoms with Gasteiger partial charge in [-0.25, -0.2) is 9.48 Å². The second-order valence-electron chi connectivity index (χ2n) is 8.83. The Hall–Kier alpha value is -3.03. The van der Waals surface area contributed by atoms with Crippen molar-refractivity contribution in [1.82, 2.24) is 14.7 Å². The van der Waals surface area contributed by atoms with E-state index in [-0.39, 0.29) is 17.9 Å². The second kappa shape index (κ2) is 9.85. The fraction of sp³-hybridized carbons (Fsp3) is 0.292. The quantitative estimate of drug-likeness (QED) is 0.470. The van der Waals surface area contributed by atoms with E-state index in [4.69, 9.17) is 28.3 Å². The number of amides is 3. The fourth-order valence-electron chi connectivity index (χ4n) is 3.08. The molecule has 2 N–H and O–H groups in total. The Morgan fingerprint density at radius 2 is 1.73 bits per heavy atom. The number of anilines is 2. The van der Waals surface area contributed by atoms with Crippen molar-refractivity contribution in [2.24, 2.45) is 0 Å². The first-order valence-electron chi connectivity index (χ1n) is 10.4. The molecule has 9 heteroatoms. The molecule has 174 valence electrons. The van der Waals surface area contributed by atoms with Crippen molar-refractivity contribution < 1.29 is 9.59 Å². The zero-order valence-corrected chi connectivity index (χ0v) is 20.8. The van der Waals surface area contributed by atoms with Gasteiger partial charge in [0.05, 0.1) is 21.4 Å². The van der Waals surface area contributed by atoms with E-state index in [1.54, 1.807) is 22.9 Å². The average molecular weight is 488 g/mol. The van der Waals surface area contributed by atoms with E-state index in [0.717, 1.165) is 16.9 Å². The maximum atomic E-state index is 12.8. The number of para-hydroxylation sites is 1. The first kappa shape index (κ1) is 24.6. The van der Waals surface area contributed by atoms with Crippen LogP contribution < -0.4 is 10.6 Å². The van der Waals surface area contributed by atoms with E-state index < -0.39 is 6.03 Å². The van der Waals surface area contributed by atoms with Crippen molar-refractivity contribution in [3.63, 3.8) is 0 Å². The summed E-state index contributed by atoms with van der Waals surface area (Å²) in [5, 5.41) is 11.0. The number of hydrogen-bond donors (Lipinski definition) is 2. The molecule has 0 fully saturated rings. The van der Waals surface area contributed by atoms with E-state index in [9.17, 15) is 9.59 Å². The number of carbonyl (C=O) groups excluding carboxylic acids is 2. The number of nitrogens with zero attached hydrogens (tertiary/aromatic N) is 3. The molecule has 0 radical (unpaired) electrons. The molecule has 3 amide bonds. The first-order chi connectivity index (χ1) is 15.5. The van der Waals surface area contributed by atoms with Crippen LogP contribution in [0.1, 0.15) is 32.0 Å². The van der Waals surface area contributed by atoms with Gasteiger partial charge in [0, 0.05) is 24.2 Å². The highest BCUT2D eigenvalue weighted by Crippen LogP contribution is 2.28. The Bertz CT molecular complexity index is 1180. The summed E-state index contributed by atoms with van der Waals surface area (Å²) in [4.78, 5) is 26.6. The number of urea groups is 1. The molecule has 1 heterocycles. The monoisotopic (exact) mass is 487 g/mol. The van der Waals surface area contributed by atoms with E-state index >= 15 is 0 Å². The zero-order chi connectivity index (χ0) is 24.3. The summed E-state index contributed by atoms with van der Waals surface area (Å²) in [5.74, 6) is 0.189. The highest BCUT2D eigenvalue weighted by atomic mass is 35.5. The van der Waals surface area contributed by atoms with Gasteiger partial charge in [-0.1, -0.05) is 62.2 Å². The predicted octanol–water partition coefficient (Wildman–Crippen LogP) is 5.89. The summed E-state index contributed by atoms with van der Waals surface area (Å²) in [7, 11) is 1.53. The molecule has 0 spiro atoms. The number of halogens is 2.